The van der Waals surface area contributed by atoms with Gasteiger partial charge in [-0.1, -0.05) is 23.3 Å². The molecule has 0 saturated carbocycles. The van der Waals surface area contributed by atoms with Gasteiger partial charge < -0.3 is 4.42 Å². The van der Waals surface area contributed by atoms with E-state index in [4.69, 9.17) is 4.42 Å². The van der Waals surface area contributed by atoms with E-state index in [9.17, 15) is 26.0 Å². The SMILES string of the molecule is O=C(CCS(=O)(=O)c1ccc(F)cc1)Nc1nnc(CCS(=O)(=O)c2ccccc2)o1. The molecule has 1 aromatic heterocycles. The first-order valence-corrected chi connectivity index (χ1v) is 12.3. The molecule has 1 N–H and O–H groups in total. The first kappa shape index (κ1) is 22.6. The standard InChI is InChI=1S/C19H18FN3O6S2/c20-14-6-8-16(9-7-14)30(25,26)12-10-17(24)21-19-23-22-18(29-19)11-13-31(27,28)15-4-2-1-3-5-15/h1-9H,10-13H2,(H,21,23,24). The predicted octanol–water partition coefficient (Wildman–Crippen LogP) is 2.03. The second-order valence-corrected chi connectivity index (χ2v) is 10.7. The van der Waals surface area contributed by atoms with Crippen LogP contribution in [0.2, 0.25) is 0 Å². The molecule has 2 aromatic carbocycles. The average Bonchev–Trinajstić information content (AvgIpc) is 3.19. The van der Waals surface area contributed by atoms with Gasteiger partial charge in [0.1, 0.15) is 5.82 Å². The molecule has 3 aromatic rings. The van der Waals surface area contributed by atoms with Gasteiger partial charge in [0.15, 0.2) is 19.7 Å². The average molecular weight is 468 g/mol. The highest BCUT2D eigenvalue weighted by Crippen LogP contribution is 2.15. The molecule has 0 aliphatic heterocycles. The largest absolute Gasteiger partial charge is 0.408 e. The van der Waals surface area contributed by atoms with Crippen LogP contribution >= 0.6 is 0 Å². The molecule has 12 heteroatoms. The summed E-state index contributed by atoms with van der Waals surface area (Å²) in [4.78, 5) is 12.1. The molecule has 0 unspecified atom stereocenters. The number of amides is 1. The Labute approximate surface area is 178 Å². The molecule has 31 heavy (non-hydrogen) atoms. The van der Waals surface area contributed by atoms with Crippen LogP contribution in [0.1, 0.15) is 12.3 Å². The third kappa shape index (κ3) is 6.18. The van der Waals surface area contributed by atoms with Gasteiger partial charge in [-0.3, -0.25) is 10.1 Å². The second kappa shape index (κ2) is 9.35. The lowest BCUT2D eigenvalue weighted by Crippen LogP contribution is -2.17. The van der Waals surface area contributed by atoms with E-state index in [-0.39, 0.29) is 40.3 Å². The zero-order valence-corrected chi connectivity index (χ0v) is 17.7. The molecule has 164 valence electrons. The zero-order valence-electron chi connectivity index (χ0n) is 16.1. The van der Waals surface area contributed by atoms with Gasteiger partial charge in [-0.15, -0.1) is 5.10 Å². The second-order valence-electron chi connectivity index (χ2n) is 6.45. The number of sulfone groups is 2. The number of anilines is 1. The van der Waals surface area contributed by atoms with Crippen molar-refractivity contribution >= 4 is 31.6 Å². The number of halogens is 1. The summed E-state index contributed by atoms with van der Waals surface area (Å²) >= 11 is 0. The third-order valence-electron chi connectivity index (χ3n) is 4.17. The van der Waals surface area contributed by atoms with Crippen LogP contribution in [-0.4, -0.2) is 44.4 Å². The molecule has 0 atom stereocenters. The number of rotatable bonds is 9. The number of aryl methyl sites for hydroxylation is 1. The van der Waals surface area contributed by atoms with Crippen LogP contribution in [0.5, 0.6) is 0 Å². The van der Waals surface area contributed by atoms with Gasteiger partial charge in [-0.2, -0.15) is 0 Å². The molecule has 0 saturated heterocycles. The normalized spacial score (nSPS) is 11.9. The number of nitrogens with one attached hydrogen (secondary N) is 1. The van der Waals surface area contributed by atoms with Gasteiger partial charge in [0.2, 0.25) is 11.8 Å². The summed E-state index contributed by atoms with van der Waals surface area (Å²) in [5, 5.41) is 9.56. The summed E-state index contributed by atoms with van der Waals surface area (Å²) in [6.45, 7) is 0. The molecule has 3 rings (SSSR count). The van der Waals surface area contributed by atoms with Crippen LogP contribution in [0, 0.1) is 5.82 Å². The van der Waals surface area contributed by atoms with Crippen molar-refractivity contribution in [1.29, 1.82) is 0 Å². The van der Waals surface area contributed by atoms with E-state index in [2.05, 4.69) is 15.5 Å². The van der Waals surface area contributed by atoms with Crippen molar-refractivity contribution in [2.45, 2.75) is 22.6 Å². The van der Waals surface area contributed by atoms with E-state index in [0.29, 0.717) is 0 Å². The van der Waals surface area contributed by atoms with E-state index >= 15 is 0 Å². The Kier molecular flexibility index (Phi) is 6.81. The summed E-state index contributed by atoms with van der Waals surface area (Å²) in [5.41, 5.74) is 0. The van der Waals surface area contributed by atoms with E-state index in [0.717, 1.165) is 24.3 Å². The number of carbonyl (C=O) groups excluding carboxylic acids is 1. The summed E-state index contributed by atoms with van der Waals surface area (Å²) in [7, 11) is -7.30. The van der Waals surface area contributed by atoms with Crippen LogP contribution < -0.4 is 5.32 Å². The van der Waals surface area contributed by atoms with Crippen molar-refractivity contribution in [3.05, 3.63) is 66.3 Å². The van der Waals surface area contributed by atoms with Crippen molar-refractivity contribution in [3.63, 3.8) is 0 Å². The maximum atomic E-state index is 12.9. The highest BCUT2D eigenvalue weighted by molar-refractivity contribution is 7.91. The van der Waals surface area contributed by atoms with Gasteiger partial charge >= 0.3 is 6.01 Å². The summed E-state index contributed by atoms with van der Waals surface area (Å²) in [6, 6.07) is 11.9. The van der Waals surface area contributed by atoms with Crippen molar-refractivity contribution < 1.29 is 30.4 Å². The Morgan fingerprint density at radius 1 is 0.871 bits per heavy atom. The van der Waals surface area contributed by atoms with Gasteiger partial charge in [0, 0.05) is 12.8 Å². The van der Waals surface area contributed by atoms with Gasteiger partial charge in [-0.25, -0.2) is 21.2 Å². The lowest BCUT2D eigenvalue weighted by Gasteiger charge is -2.04. The van der Waals surface area contributed by atoms with E-state index in [1.165, 1.54) is 12.1 Å². The molecule has 9 nitrogen and oxygen atoms in total. The monoisotopic (exact) mass is 467 g/mol. The number of hydrogen-bond acceptors (Lipinski definition) is 8. The highest BCUT2D eigenvalue weighted by Gasteiger charge is 2.19. The molecule has 0 spiro atoms. The Bertz CT molecular complexity index is 1260. The van der Waals surface area contributed by atoms with Crippen molar-refractivity contribution in [3.8, 4) is 0 Å². The van der Waals surface area contributed by atoms with Gasteiger partial charge in [0.05, 0.1) is 21.3 Å². The number of benzene rings is 2. The van der Waals surface area contributed by atoms with Gasteiger partial charge in [0.25, 0.3) is 0 Å². The van der Waals surface area contributed by atoms with Crippen LogP contribution in [0.4, 0.5) is 10.4 Å². The number of nitrogens with zero attached hydrogens (tertiary/aromatic N) is 2. The fraction of sp³-hybridized carbons (Fsp3) is 0.211. The maximum Gasteiger partial charge on any atom is 0.322 e. The molecule has 1 heterocycles. The smallest absolute Gasteiger partial charge is 0.322 e. The van der Waals surface area contributed by atoms with Crippen molar-refractivity contribution in [2.75, 3.05) is 16.8 Å². The number of aromatic nitrogens is 2. The van der Waals surface area contributed by atoms with Crippen molar-refractivity contribution in [2.24, 2.45) is 0 Å². The fourth-order valence-corrected chi connectivity index (χ4v) is 5.03. The first-order chi connectivity index (χ1) is 14.7. The first-order valence-electron chi connectivity index (χ1n) is 9.04. The van der Waals surface area contributed by atoms with E-state index < -0.39 is 37.2 Å². The number of carbonyl (C=O) groups is 1. The molecule has 1 amide bonds. The summed E-state index contributed by atoms with van der Waals surface area (Å²) < 4.78 is 67.0. The molecular formula is C19H18FN3O6S2. The topological polar surface area (TPSA) is 136 Å². The fourth-order valence-electron chi connectivity index (χ4n) is 2.54. The predicted molar refractivity (Wildman–Crippen MR) is 108 cm³/mol. The Morgan fingerprint density at radius 3 is 2.16 bits per heavy atom. The van der Waals surface area contributed by atoms with Crippen LogP contribution in [-0.2, 0) is 30.9 Å². The highest BCUT2D eigenvalue weighted by atomic mass is 32.2. The Morgan fingerprint density at radius 2 is 1.48 bits per heavy atom. The lowest BCUT2D eigenvalue weighted by molar-refractivity contribution is -0.116. The summed E-state index contributed by atoms with van der Waals surface area (Å²) in [6.07, 6.45) is -0.446. The molecule has 0 radical (unpaired) electrons. The molecule has 0 fully saturated rings. The zero-order chi connectivity index (χ0) is 22.5. The molecule has 0 bridgehead atoms. The van der Waals surface area contributed by atoms with Crippen LogP contribution in [0.25, 0.3) is 0 Å². The molecule has 0 aliphatic rings. The third-order valence-corrected chi connectivity index (χ3v) is 7.63. The molecule has 0 aliphatic carbocycles. The van der Waals surface area contributed by atoms with Gasteiger partial charge in [-0.05, 0) is 36.4 Å². The van der Waals surface area contributed by atoms with Crippen LogP contribution in [0.15, 0.2) is 68.8 Å². The maximum absolute atomic E-state index is 12.9. The minimum atomic E-state index is -3.77. The van der Waals surface area contributed by atoms with E-state index in [1.807, 2.05) is 0 Å². The van der Waals surface area contributed by atoms with Crippen LogP contribution in [0.3, 0.4) is 0 Å². The van der Waals surface area contributed by atoms with E-state index in [1.54, 1.807) is 18.2 Å². The molecular weight excluding hydrogens is 449 g/mol. The number of hydrogen-bond donors (Lipinski definition) is 1. The lowest BCUT2D eigenvalue weighted by atomic mass is 10.4. The van der Waals surface area contributed by atoms with Crippen molar-refractivity contribution in [1.82, 2.24) is 10.2 Å². The minimum absolute atomic E-state index is 0.00809. The Hall–Kier alpha value is -3.12. The quantitative estimate of drug-likeness (QED) is 0.472. The minimum Gasteiger partial charge on any atom is -0.408 e. The Balaban J connectivity index is 1.52. The summed E-state index contributed by atoms with van der Waals surface area (Å²) in [5.74, 6) is -2.00.